The summed E-state index contributed by atoms with van der Waals surface area (Å²) in [6.45, 7) is 2.30. The molecule has 4 nitrogen and oxygen atoms in total. The van der Waals surface area contributed by atoms with Gasteiger partial charge in [0.1, 0.15) is 5.75 Å². The molecular weight excluding hydrogens is 240 g/mol. The van der Waals surface area contributed by atoms with Crippen molar-refractivity contribution in [2.24, 2.45) is 0 Å². The van der Waals surface area contributed by atoms with Crippen molar-refractivity contribution in [3.63, 3.8) is 0 Å². The number of ether oxygens (including phenoxy) is 1. The molecule has 0 aromatic heterocycles. The Hall–Kier alpha value is -1.55. The predicted octanol–water partition coefficient (Wildman–Crippen LogP) is 1.71. The number of rotatable bonds is 6. The maximum absolute atomic E-state index is 11.7. The highest BCUT2D eigenvalue weighted by Gasteiger charge is 2.19. The Labute approximate surface area is 114 Å². The standard InChI is InChI=1S/C15H22N2O2/c18-15-14(9-4-5-10-17-15)16-11-6-12-19-13-7-2-1-3-8-13/h1-3,7-8,14,16H,4-6,9-12H2,(H,17,18). The fourth-order valence-corrected chi connectivity index (χ4v) is 2.19. The number of para-hydroxylation sites is 1. The van der Waals surface area contributed by atoms with Crippen LogP contribution in [-0.2, 0) is 4.79 Å². The summed E-state index contributed by atoms with van der Waals surface area (Å²) in [5.41, 5.74) is 0. The molecule has 1 aliphatic heterocycles. The van der Waals surface area contributed by atoms with E-state index in [4.69, 9.17) is 4.74 Å². The summed E-state index contributed by atoms with van der Waals surface area (Å²) in [4.78, 5) is 11.7. The molecule has 0 bridgehead atoms. The molecule has 1 unspecified atom stereocenters. The molecule has 1 aliphatic rings. The summed E-state index contributed by atoms with van der Waals surface area (Å²) in [5, 5.41) is 6.23. The van der Waals surface area contributed by atoms with E-state index in [1.54, 1.807) is 0 Å². The normalized spacial score (nSPS) is 19.6. The lowest BCUT2D eigenvalue weighted by Crippen LogP contribution is -2.43. The van der Waals surface area contributed by atoms with Crippen molar-refractivity contribution in [3.8, 4) is 5.75 Å². The second-order valence-electron chi connectivity index (χ2n) is 4.81. The molecular formula is C15H22N2O2. The highest BCUT2D eigenvalue weighted by atomic mass is 16.5. The number of carbonyl (C=O) groups excluding carboxylic acids is 1. The van der Waals surface area contributed by atoms with Gasteiger partial charge in [0.15, 0.2) is 0 Å². The van der Waals surface area contributed by atoms with Crippen molar-refractivity contribution in [1.29, 1.82) is 0 Å². The van der Waals surface area contributed by atoms with Gasteiger partial charge in [-0.2, -0.15) is 0 Å². The lowest BCUT2D eigenvalue weighted by molar-refractivity contribution is -0.122. The summed E-state index contributed by atoms with van der Waals surface area (Å²) in [6, 6.07) is 9.77. The number of hydrogen-bond donors (Lipinski definition) is 2. The molecule has 0 aliphatic carbocycles. The first-order chi connectivity index (χ1) is 9.36. The Morgan fingerprint density at radius 2 is 2.11 bits per heavy atom. The van der Waals surface area contributed by atoms with E-state index in [9.17, 15) is 4.79 Å². The van der Waals surface area contributed by atoms with Gasteiger partial charge >= 0.3 is 0 Å². The molecule has 1 amide bonds. The van der Waals surface area contributed by atoms with E-state index in [1.165, 1.54) is 0 Å². The van der Waals surface area contributed by atoms with E-state index in [2.05, 4.69) is 10.6 Å². The highest BCUT2D eigenvalue weighted by molar-refractivity contribution is 5.81. The molecule has 1 saturated heterocycles. The van der Waals surface area contributed by atoms with Crippen LogP contribution in [0.1, 0.15) is 25.7 Å². The van der Waals surface area contributed by atoms with Gasteiger partial charge in [-0.1, -0.05) is 18.2 Å². The molecule has 4 heteroatoms. The van der Waals surface area contributed by atoms with E-state index in [0.717, 1.165) is 44.5 Å². The monoisotopic (exact) mass is 262 g/mol. The molecule has 1 fully saturated rings. The second-order valence-corrected chi connectivity index (χ2v) is 4.81. The lowest BCUT2D eigenvalue weighted by atomic mass is 10.1. The first-order valence-electron chi connectivity index (χ1n) is 7.05. The van der Waals surface area contributed by atoms with Gasteiger partial charge in [0.05, 0.1) is 12.6 Å². The van der Waals surface area contributed by atoms with E-state index >= 15 is 0 Å². The van der Waals surface area contributed by atoms with Crippen LogP contribution in [0.5, 0.6) is 5.75 Å². The molecule has 1 atom stereocenters. The van der Waals surface area contributed by atoms with Crippen LogP contribution in [0, 0.1) is 0 Å². The quantitative estimate of drug-likeness (QED) is 0.767. The van der Waals surface area contributed by atoms with E-state index < -0.39 is 0 Å². The van der Waals surface area contributed by atoms with Crippen molar-refractivity contribution in [2.45, 2.75) is 31.7 Å². The topological polar surface area (TPSA) is 50.4 Å². The predicted molar refractivity (Wildman–Crippen MR) is 75.2 cm³/mol. The van der Waals surface area contributed by atoms with Crippen LogP contribution in [0.15, 0.2) is 30.3 Å². The van der Waals surface area contributed by atoms with Crippen molar-refractivity contribution in [1.82, 2.24) is 10.6 Å². The van der Waals surface area contributed by atoms with Crippen molar-refractivity contribution in [2.75, 3.05) is 19.7 Å². The summed E-state index contributed by atoms with van der Waals surface area (Å²) < 4.78 is 5.61. The average molecular weight is 262 g/mol. The zero-order valence-corrected chi connectivity index (χ0v) is 11.2. The largest absolute Gasteiger partial charge is 0.494 e. The third-order valence-corrected chi connectivity index (χ3v) is 3.26. The maximum Gasteiger partial charge on any atom is 0.237 e. The van der Waals surface area contributed by atoms with Crippen LogP contribution >= 0.6 is 0 Å². The first-order valence-corrected chi connectivity index (χ1v) is 7.05. The SMILES string of the molecule is O=C1NCCCCC1NCCCOc1ccccc1. The van der Waals surface area contributed by atoms with Gasteiger partial charge in [-0.15, -0.1) is 0 Å². The average Bonchev–Trinajstić information content (AvgIpc) is 2.65. The van der Waals surface area contributed by atoms with Crippen molar-refractivity contribution >= 4 is 5.91 Å². The Bertz CT molecular complexity index is 381. The van der Waals surface area contributed by atoms with Gasteiger partial charge in [-0.3, -0.25) is 4.79 Å². The Morgan fingerprint density at radius 3 is 2.95 bits per heavy atom. The van der Waals surface area contributed by atoms with Crippen molar-refractivity contribution in [3.05, 3.63) is 30.3 Å². The van der Waals surface area contributed by atoms with Gasteiger partial charge in [-0.25, -0.2) is 0 Å². The fourth-order valence-electron chi connectivity index (χ4n) is 2.19. The third-order valence-electron chi connectivity index (χ3n) is 3.26. The number of hydrogen-bond acceptors (Lipinski definition) is 3. The molecule has 0 spiro atoms. The third kappa shape index (κ3) is 4.91. The van der Waals surface area contributed by atoms with Crippen molar-refractivity contribution < 1.29 is 9.53 Å². The number of amides is 1. The van der Waals surface area contributed by atoms with Gasteiger partial charge in [0, 0.05) is 6.54 Å². The fraction of sp³-hybridized carbons (Fsp3) is 0.533. The molecule has 1 aromatic carbocycles. The number of nitrogens with one attached hydrogen (secondary N) is 2. The van der Waals surface area contributed by atoms with Crippen LogP contribution in [0.25, 0.3) is 0 Å². The Kier molecular flexibility index (Phi) is 5.69. The second kappa shape index (κ2) is 7.79. The minimum absolute atomic E-state index is 0.0285. The molecule has 19 heavy (non-hydrogen) atoms. The summed E-state index contributed by atoms with van der Waals surface area (Å²) in [6.07, 6.45) is 4.03. The van der Waals surface area contributed by atoms with E-state index in [-0.39, 0.29) is 11.9 Å². The molecule has 0 radical (unpaired) electrons. The maximum atomic E-state index is 11.7. The summed E-state index contributed by atoms with van der Waals surface area (Å²) >= 11 is 0. The van der Waals surface area contributed by atoms with E-state index in [1.807, 2.05) is 30.3 Å². The number of carbonyl (C=O) groups is 1. The molecule has 2 rings (SSSR count). The van der Waals surface area contributed by atoms with Crippen LogP contribution in [0.3, 0.4) is 0 Å². The Balaban J connectivity index is 1.60. The van der Waals surface area contributed by atoms with Gasteiger partial charge in [0.25, 0.3) is 0 Å². The molecule has 1 aromatic rings. The first kappa shape index (κ1) is 13.9. The zero-order valence-electron chi connectivity index (χ0n) is 11.2. The van der Waals surface area contributed by atoms with Crippen LogP contribution < -0.4 is 15.4 Å². The lowest BCUT2D eigenvalue weighted by Gasteiger charge is -2.15. The molecule has 104 valence electrons. The molecule has 1 heterocycles. The van der Waals surface area contributed by atoms with Gasteiger partial charge in [-0.05, 0) is 44.4 Å². The van der Waals surface area contributed by atoms with Gasteiger partial charge in [0.2, 0.25) is 5.91 Å². The van der Waals surface area contributed by atoms with E-state index in [0.29, 0.717) is 6.61 Å². The highest BCUT2D eigenvalue weighted by Crippen LogP contribution is 2.08. The minimum Gasteiger partial charge on any atom is -0.494 e. The smallest absolute Gasteiger partial charge is 0.237 e. The zero-order chi connectivity index (χ0) is 13.3. The molecule has 2 N–H and O–H groups in total. The summed E-state index contributed by atoms with van der Waals surface area (Å²) in [5.74, 6) is 1.04. The minimum atomic E-state index is -0.0285. The Morgan fingerprint density at radius 1 is 1.26 bits per heavy atom. The van der Waals surface area contributed by atoms with Crippen LogP contribution in [0.4, 0.5) is 0 Å². The summed E-state index contributed by atoms with van der Waals surface area (Å²) in [7, 11) is 0. The van der Waals surface area contributed by atoms with Gasteiger partial charge < -0.3 is 15.4 Å². The number of benzene rings is 1. The molecule has 0 saturated carbocycles. The van der Waals surface area contributed by atoms with Crippen LogP contribution in [0.2, 0.25) is 0 Å². The van der Waals surface area contributed by atoms with Crippen LogP contribution in [-0.4, -0.2) is 31.6 Å².